The summed E-state index contributed by atoms with van der Waals surface area (Å²) in [4.78, 5) is 0. The van der Waals surface area contributed by atoms with Gasteiger partial charge in [0.05, 0.1) is 13.2 Å². The summed E-state index contributed by atoms with van der Waals surface area (Å²) in [5.41, 5.74) is 14.3. The summed E-state index contributed by atoms with van der Waals surface area (Å²) >= 11 is 0. The first-order valence-electron chi connectivity index (χ1n) is 25.6. The molecule has 0 amide bonds. The molecule has 0 radical (unpaired) electrons. The Morgan fingerprint density at radius 3 is 1.10 bits per heavy atom. The molecule has 2 fully saturated rings. The lowest BCUT2D eigenvalue weighted by Gasteiger charge is -2.33. The van der Waals surface area contributed by atoms with E-state index in [1.807, 2.05) is 24.3 Å². The van der Waals surface area contributed by atoms with Gasteiger partial charge in [0.1, 0.15) is 67.7 Å². The van der Waals surface area contributed by atoms with Crippen LogP contribution in [-0.4, -0.2) is 63.1 Å². The van der Waals surface area contributed by atoms with Crippen molar-refractivity contribution in [2.75, 3.05) is 39.6 Å². The van der Waals surface area contributed by atoms with Crippen LogP contribution in [0.3, 0.4) is 0 Å². The van der Waals surface area contributed by atoms with Crippen molar-refractivity contribution in [2.24, 2.45) is 0 Å². The summed E-state index contributed by atoms with van der Waals surface area (Å²) in [6.07, 6.45) is 1.40. The van der Waals surface area contributed by atoms with Gasteiger partial charge in [0.25, 0.3) is 0 Å². The van der Waals surface area contributed by atoms with Gasteiger partial charge in [-0.3, -0.25) is 0 Å². The molecule has 0 spiro atoms. The first-order valence-corrected chi connectivity index (χ1v) is 25.6. The minimum atomic E-state index is -0.843. The number of ether oxygens (including phenoxy) is 6. The molecule has 0 saturated carbocycles. The van der Waals surface area contributed by atoms with Crippen molar-refractivity contribution >= 4 is 0 Å². The van der Waals surface area contributed by atoms with Crippen molar-refractivity contribution in [3.8, 4) is 45.3 Å². The third-order valence-electron chi connectivity index (χ3n) is 15.5. The number of aliphatic hydroxyl groups excluding tert-OH is 1. The summed E-state index contributed by atoms with van der Waals surface area (Å²) in [7, 11) is 0. The highest BCUT2D eigenvalue weighted by Crippen LogP contribution is 2.56. The summed E-state index contributed by atoms with van der Waals surface area (Å²) in [5.74, 6) is 3.74. The van der Waals surface area contributed by atoms with Gasteiger partial charge in [-0.05, 0) is 140 Å². The zero-order valence-corrected chi connectivity index (χ0v) is 40.9. The summed E-state index contributed by atoms with van der Waals surface area (Å²) in [6, 6.07) is 69.3. The summed E-state index contributed by atoms with van der Waals surface area (Å²) in [5, 5.41) is 11.2. The van der Waals surface area contributed by atoms with E-state index in [2.05, 4.69) is 184 Å². The predicted molar refractivity (Wildman–Crippen MR) is 283 cm³/mol. The van der Waals surface area contributed by atoms with Crippen LogP contribution < -0.4 is 18.9 Å². The fourth-order valence-corrected chi connectivity index (χ4v) is 11.6. The second-order valence-electron chi connectivity index (χ2n) is 20.3. The average Bonchev–Trinajstić information content (AvgIpc) is 4.39. The lowest BCUT2D eigenvalue weighted by molar-refractivity contribution is 0.0626. The largest absolute Gasteiger partial charge is 0.491 e. The molecule has 12 rings (SSSR count). The number of aliphatic hydroxyl groups is 1. The molecule has 2 aliphatic carbocycles. The molecule has 72 heavy (non-hydrogen) atoms. The lowest BCUT2D eigenvalue weighted by atomic mass is 9.70. The van der Waals surface area contributed by atoms with Gasteiger partial charge in [-0.1, -0.05) is 159 Å². The monoisotopic (exact) mass is 952 g/mol. The normalized spacial score (nSPS) is 22.9. The molecule has 4 aliphatic rings. The zero-order valence-electron chi connectivity index (χ0n) is 40.9. The molecular formula is C65H60O7. The number of rotatable bonds is 18. The summed E-state index contributed by atoms with van der Waals surface area (Å²) in [6.45, 7) is 7.53. The number of benzene rings is 8. The van der Waals surface area contributed by atoms with Crippen LogP contribution in [0.4, 0.5) is 0 Å². The molecule has 2 saturated heterocycles. The van der Waals surface area contributed by atoms with Gasteiger partial charge in [-0.2, -0.15) is 0 Å². The molecule has 2 aliphatic heterocycles. The van der Waals surface area contributed by atoms with E-state index in [-0.39, 0.29) is 36.3 Å². The van der Waals surface area contributed by atoms with E-state index in [0.29, 0.717) is 36.5 Å². The Bertz CT molecular complexity index is 2920. The van der Waals surface area contributed by atoms with E-state index < -0.39 is 6.10 Å². The maximum absolute atomic E-state index is 11.2. The molecule has 8 aromatic rings. The van der Waals surface area contributed by atoms with Crippen molar-refractivity contribution in [1.82, 2.24) is 0 Å². The molecular weight excluding hydrogens is 893 g/mol. The van der Waals surface area contributed by atoms with Crippen LogP contribution in [0.15, 0.2) is 194 Å². The molecule has 7 heteroatoms. The third kappa shape index (κ3) is 9.06. The molecule has 8 aromatic carbocycles. The van der Waals surface area contributed by atoms with Crippen molar-refractivity contribution in [3.05, 3.63) is 239 Å². The van der Waals surface area contributed by atoms with Crippen molar-refractivity contribution in [3.63, 3.8) is 0 Å². The molecule has 6 unspecified atom stereocenters. The van der Waals surface area contributed by atoms with Gasteiger partial charge < -0.3 is 33.5 Å². The number of fused-ring (bicyclic) bond motifs is 2. The molecule has 362 valence electrons. The third-order valence-corrected chi connectivity index (χ3v) is 15.5. The number of hydrogen-bond acceptors (Lipinski definition) is 7. The topological polar surface area (TPSA) is 82.2 Å². The lowest BCUT2D eigenvalue weighted by Crippen LogP contribution is -2.27. The second-order valence-corrected chi connectivity index (χ2v) is 20.3. The van der Waals surface area contributed by atoms with Gasteiger partial charge in [0, 0.05) is 10.8 Å². The Kier molecular flexibility index (Phi) is 12.4. The average molecular weight is 953 g/mol. The zero-order chi connectivity index (χ0) is 48.7. The maximum Gasteiger partial charge on any atom is 0.122 e. The standard InChI is InChI=1S/C65H60O7/c1-43-35-64(51-19-27-56(28-20-51)69-39-58-41-71-58,62-31-13-47(33-60(43)62)45-9-5-3-6-10-45)49-15-23-54(24-16-49)67-37-53(66)38-68-55-25-17-50(18-26-55)65(52-21-29-57(30-22-52)70-40-59-42-72-59)36-44(2)61-34-48(14-32-63(61)65)46-11-7-4-8-12-46/h3-34,43-44,53,58-59,66H,35-42H2,1-2H3. The van der Waals surface area contributed by atoms with Gasteiger partial charge in [-0.15, -0.1) is 0 Å². The van der Waals surface area contributed by atoms with Crippen LogP contribution in [-0.2, 0) is 20.3 Å². The van der Waals surface area contributed by atoms with Crippen molar-refractivity contribution in [1.29, 1.82) is 0 Å². The van der Waals surface area contributed by atoms with Crippen LogP contribution in [0.25, 0.3) is 22.3 Å². The Morgan fingerprint density at radius 1 is 0.431 bits per heavy atom. The molecule has 1 N–H and O–H groups in total. The minimum Gasteiger partial charge on any atom is -0.491 e. The second kappa shape index (κ2) is 19.5. The molecule has 6 atom stereocenters. The Hall–Kier alpha value is -7.16. The number of hydrogen-bond donors (Lipinski definition) is 1. The quantitative estimate of drug-likeness (QED) is 0.0858. The van der Waals surface area contributed by atoms with E-state index in [0.717, 1.165) is 37.6 Å². The highest BCUT2D eigenvalue weighted by Gasteiger charge is 2.46. The minimum absolute atomic E-state index is 0.0915. The van der Waals surface area contributed by atoms with Gasteiger partial charge in [-0.25, -0.2) is 0 Å². The first-order chi connectivity index (χ1) is 35.3. The predicted octanol–water partition coefficient (Wildman–Crippen LogP) is 13.1. The molecule has 7 nitrogen and oxygen atoms in total. The Balaban J connectivity index is 0.746. The van der Waals surface area contributed by atoms with Crippen LogP contribution >= 0.6 is 0 Å². The van der Waals surface area contributed by atoms with E-state index in [9.17, 15) is 5.11 Å². The Morgan fingerprint density at radius 2 is 0.764 bits per heavy atom. The molecule has 0 bridgehead atoms. The van der Waals surface area contributed by atoms with Gasteiger partial charge in [0.2, 0.25) is 0 Å². The van der Waals surface area contributed by atoms with E-state index in [1.165, 1.54) is 66.8 Å². The fourth-order valence-electron chi connectivity index (χ4n) is 11.6. The smallest absolute Gasteiger partial charge is 0.122 e. The molecule has 2 heterocycles. The van der Waals surface area contributed by atoms with Crippen molar-refractivity contribution < 1.29 is 33.5 Å². The van der Waals surface area contributed by atoms with Gasteiger partial charge >= 0.3 is 0 Å². The van der Waals surface area contributed by atoms with Crippen LogP contribution in [0.1, 0.15) is 83.0 Å². The summed E-state index contributed by atoms with van der Waals surface area (Å²) < 4.78 is 35.3. The highest BCUT2D eigenvalue weighted by atomic mass is 16.6. The van der Waals surface area contributed by atoms with Crippen LogP contribution in [0.2, 0.25) is 0 Å². The fraction of sp³-hybridized carbons (Fsp3) is 0.262. The first kappa shape index (κ1) is 45.9. The van der Waals surface area contributed by atoms with E-state index in [1.54, 1.807) is 0 Å². The maximum atomic E-state index is 11.2. The molecule has 0 aromatic heterocycles. The Labute approximate surface area is 422 Å². The highest BCUT2D eigenvalue weighted by molar-refractivity contribution is 5.70. The van der Waals surface area contributed by atoms with Crippen LogP contribution in [0.5, 0.6) is 23.0 Å². The van der Waals surface area contributed by atoms with E-state index >= 15 is 0 Å². The van der Waals surface area contributed by atoms with E-state index in [4.69, 9.17) is 28.4 Å². The van der Waals surface area contributed by atoms with Crippen molar-refractivity contribution in [2.45, 2.75) is 67.7 Å². The van der Waals surface area contributed by atoms with Crippen LogP contribution in [0, 0.1) is 0 Å². The number of epoxide rings is 2. The SMILES string of the molecule is CC1CC(c2ccc(OCC(O)COc3ccc(C4(c5ccc(OCC6CO6)cc5)CC(C)c5cc(-c6ccccc6)ccc54)cc3)cc2)(c2ccc(OCC3CO3)cc2)c2ccc(-c3ccccc3)cc21. The van der Waals surface area contributed by atoms with Gasteiger partial charge in [0.15, 0.2) is 0 Å².